The fourth-order valence-corrected chi connectivity index (χ4v) is 1.82. The van der Waals surface area contributed by atoms with Crippen molar-refractivity contribution in [2.45, 2.75) is 26.2 Å². The van der Waals surface area contributed by atoms with Crippen LogP contribution in [0.4, 0.5) is 0 Å². The van der Waals surface area contributed by atoms with Gasteiger partial charge in [0.25, 0.3) is 0 Å². The second-order valence-corrected chi connectivity index (χ2v) is 3.92. The maximum absolute atomic E-state index is 3.50. The summed E-state index contributed by atoms with van der Waals surface area (Å²) in [6.45, 7) is 7.13. The summed E-state index contributed by atoms with van der Waals surface area (Å²) in [6.07, 6.45) is 4.19. The molecule has 1 saturated heterocycles. The van der Waals surface area contributed by atoms with E-state index in [0.717, 1.165) is 5.92 Å². The molecule has 1 rings (SSSR count). The zero-order valence-electron chi connectivity index (χ0n) is 8.47. The minimum absolute atomic E-state index is 0.887. The van der Waals surface area contributed by atoms with Crippen LogP contribution >= 0.6 is 0 Å². The van der Waals surface area contributed by atoms with E-state index in [1.807, 2.05) is 0 Å². The molecule has 0 bridgehead atoms. The van der Waals surface area contributed by atoms with Crippen molar-refractivity contribution >= 4 is 0 Å². The average molecular weight is 170 g/mol. The van der Waals surface area contributed by atoms with Gasteiger partial charge in [0.1, 0.15) is 0 Å². The molecule has 0 aromatic rings. The van der Waals surface area contributed by atoms with Gasteiger partial charge < -0.3 is 10.2 Å². The molecule has 1 heterocycles. The van der Waals surface area contributed by atoms with E-state index < -0.39 is 0 Å². The molecule has 1 aliphatic rings. The highest BCUT2D eigenvalue weighted by molar-refractivity contribution is 4.69. The van der Waals surface area contributed by atoms with Crippen molar-refractivity contribution in [2.75, 3.05) is 33.2 Å². The fourth-order valence-electron chi connectivity index (χ4n) is 1.82. The highest BCUT2D eigenvalue weighted by Crippen LogP contribution is 2.11. The SMILES string of the molecule is CCN(C)CC1CCCCNC1. The summed E-state index contributed by atoms with van der Waals surface area (Å²) < 4.78 is 0. The van der Waals surface area contributed by atoms with E-state index in [9.17, 15) is 0 Å². The molecule has 0 aliphatic carbocycles. The fraction of sp³-hybridized carbons (Fsp3) is 1.00. The zero-order valence-corrected chi connectivity index (χ0v) is 8.47. The Morgan fingerprint density at radius 2 is 2.25 bits per heavy atom. The van der Waals surface area contributed by atoms with Crippen molar-refractivity contribution in [2.24, 2.45) is 5.92 Å². The lowest BCUT2D eigenvalue weighted by molar-refractivity contribution is 0.278. The lowest BCUT2D eigenvalue weighted by Gasteiger charge is -2.21. The Kier molecular flexibility index (Phi) is 4.62. The van der Waals surface area contributed by atoms with Gasteiger partial charge in [-0.15, -0.1) is 0 Å². The second kappa shape index (κ2) is 5.55. The molecule has 2 nitrogen and oxygen atoms in total. The molecular weight excluding hydrogens is 148 g/mol. The summed E-state index contributed by atoms with van der Waals surface area (Å²) in [5.41, 5.74) is 0. The number of rotatable bonds is 3. The van der Waals surface area contributed by atoms with E-state index in [0.29, 0.717) is 0 Å². The van der Waals surface area contributed by atoms with Crippen molar-refractivity contribution in [1.29, 1.82) is 0 Å². The number of hydrogen-bond donors (Lipinski definition) is 1. The van der Waals surface area contributed by atoms with Crippen LogP contribution in [0.1, 0.15) is 26.2 Å². The standard InChI is InChI=1S/C10H22N2/c1-3-12(2)9-10-6-4-5-7-11-8-10/h10-11H,3-9H2,1-2H3. The van der Waals surface area contributed by atoms with Crippen molar-refractivity contribution in [3.8, 4) is 0 Å². The van der Waals surface area contributed by atoms with Gasteiger partial charge in [0, 0.05) is 6.54 Å². The first-order chi connectivity index (χ1) is 5.83. The molecule has 0 radical (unpaired) electrons. The topological polar surface area (TPSA) is 15.3 Å². The maximum Gasteiger partial charge on any atom is 0.00186 e. The molecular formula is C10H22N2. The van der Waals surface area contributed by atoms with E-state index in [2.05, 4.69) is 24.2 Å². The molecule has 0 amide bonds. The Morgan fingerprint density at radius 1 is 1.42 bits per heavy atom. The molecule has 0 saturated carbocycles. The first-order valence-electron chi connectivity index (χ1n) is 5.22. The van der Waals surface area contributed by atoms with Crippen LogP contribution in [0.5, 0.6) is 0 Å². The number of nitrogens with zero attached hydrogens (tertiary/aromatic N) is 1. The predicted molar refractivity (Wildman–Crippen MR) is 53.4 cm³/mol. The normalized spacial score (nSPS) is 25.8. The zero-order chi connectivity index (χ0) is 8.81. The summed E-state index contributed by atoms with van der Waals surface area (Å²) in [7, 11) is 2.21. The van der Waals surface area contributed by atoms with Crippen LogP contribution in [0, 0.1) is 5.92 Å². The molecule has 0 aromatic carbocycles. The Labute approximate surface area is 76.3 Å². The van der Waals surface area contributed by atoms with E-state index in [-0.39, 0.29) is 0 Å². The van der Waals surface area contributed by atoms with Crippen molar-refractivity contribution in [3.63, 3.8) is 0 Å². The largest absolute Gasteiger partial charge is 0.316 e. The Hall–Kier alpha value is -0.0800. The van der Waals surface area contributed by atoms with Crippen LogP contribution in [0.25, 0.3) is 0 Å². The van der Waals surface area contributed by atoms with Crippen molar-refractivity contribution < 1.29 is 0 Å². The molecule has 0 spiro atoms. The van der Waals surface area contributed by atoms with Crippen LogP contribution in [-0.2, 0) is 0 Å². The lowest BCUT2D eigenvalue weighted by atomic mass is 10.0. The van der Waals surface area contributed by atoms with Crippen LogP contribution in [-0.4, -0.2) is 38.1 Å². The van der Waals surface area contributed by atoms with Crippen LogP contribution in [0.3, 0.4) is 0 Å². The van der Waals surface area contributed by atoms with Crippen LogP contribution in [0.15, 0.2) is 0 Å². The molecule has 1 atom stereocenters. The Bertz CT molecular complexity index is 106. The molecule has 0 aromatic heterocycles. The maximum atomic E-state index is 3.50. The third-order valence-corrected chi connectivity index (χ3v) is 2.76. The van der Waals surface area contributed by atoms with Gasteiger partial charge in [-0.3, -0.25) is 0 Å². The quantitative estimate of drug-likeness (QED) is 0.687. The average Bonchev–Trinajstić information content (AvgIpc) is 2.33. The predicted octanol–water partition coefficient (Wildman–Crippen LogP) is 1.33. The Balaban J connectivity index is 2.20. The summed E-state index contributed by atoms with van der Waals surface area (Å²) in [5, 5.41) is 3.50. The van der Waals surface area contributed by atoms with Gasteiger partial charge in [0.05, 0.1) is 0 Å². The van der Waals surface area contributed by atoms with Gasteiger partial charge in [0.15, 0.2) is 0 Å². The van der Waals surface area contributed by atoms with E-state index in [4.69, 9.17) is 0 Å². The molecule has 1 unspecified atom stereocenters. The smallest absolute Gasteiger partial charge is 0.00186 e. The van der Waals surface area contributed by atoms with Crippen molar-refractivity contribution in [1.82, 2.24) is 10.2 Å². The molecule has 1 fully saturated rings. The molecule has 72 valence electrons. The first kappa shape index (κ1) is 10.0. The van der Waals surface area contributed by atoms with E-state index in [1.165, 1.54) is 45.4 Å². The van der Waals surface area contributed by atoms with E-state index >= 15 is 0 Å². The van der Waals surface area contributed by atoms with Gasteiger partial charge in [-0.1, -0.05) is 13.3 Å². The molecule has 1 aliphatic heterocycles. The van der Waals surface area contributed by atoms with Gasteiger partial charge in [-0.25, -0.2) is 0 Å². The Morgan fingerprint density at radius 3 is 3.00 bits per heavy atom. The molecule has 2 heteroatoms. The second-order valence-electron chi connectivity index (χ2n) is 3.92. The molecule has 1 N–H and O–H groups in total. The highest BCUT2D eigenvalue weighted by Gasteiger charge is 2.12. The summed E-state index contributed by atoms with van der Waals surface area (Å²) in [6, 6.07) is 0. The van der Waals surface area contributed by atoms with Gasteiger partial charge in [-0.2, -0.15) is 0 Å². The van der Waals surface area contributed by atoms with Gasteiger partial charge >= 0.3 is 0 Å². The van der Waals surface area contributed by atoms with Crippen LogP contribution < -0.4 is 5.32 Å². The lowest BCUT2D eigenvalue weighted by Crippen LogP contribution is -2.31. The van der Waals surface area contributed by atoms with Gasteiger partial charge in [-0.05, 0) is 45.4 Å². The summed E-state index contributed by atoms with van der Waals surface area (Å²) >= 11 is 0. The monoisotopic (exact) mass is 170 g/mol. The summed E-state index contributed by atoms with van der Waals surface area (Å²) in [4.78, 5) is 2.41. The molecule has 12 heavy (non-hydrogen) atoms. The first-order valence-corrected chi connectivity index (χ1v) is 5.22. The van der Waals surface area contributed by atoms with Crippen molar-refractivity contribution in [3.05, 3.63) is 0 Å². The van der Waals surface area contributed by atoms with E-state index in [1.54, 1.807) is 0 Å². The highest BCUT2D eigenvalue weighted by atomic mass is 15.1. The third kappa shape index (κ3) is 3.55. The summed E-state index contributed by atoms with van der Waals surface area (Å²) in [5.74, 6) is 0.887. The van der Waals surface area contributed by atoms with Crippen LogP contribution in [0.2, 0.25) is 0 Å². The minimum atomic E-state index is 0.887. The number of hydrogen-bond acceptors (Lipinski definition) is 2. The third-order valence-electron chi connectivity index (χ3n) is 2.76. The van der Waals surface area contributed by atoms with Gasteiger partial charge in [0.2, 0.25) is 0 Å². The minimum Gasteiger partial charge on any atom is -0.316 e. The number of nitrogens with one attached hydrogen (secondary N) is 1.